The highest BCUT2D eigenvalue weighted by Crippen LogP contribution is 2.54. The summed E-state index contributed by atoms with van der Waals surface area (Å²) in [6, 6.07) is 12.8. The maximum absolute atomic E-state index is 15.7. The van der Waals surface area contributed by atoms with E-state index in [1.807, 2.05) is 24.3 Å². The van der Waals surface area contributed by atoms with Crippen molar-refractivity contribution >= 4 is 63.1 Å². The van der Waals surface area contributed by atoms with Gasteiger partial charge >= 0.3 is 6.03 Å². The van der Waals surface area contributed by atoms with Crippen LogP contribution < -0.4 is 30.1 Å². The molecule has 61 heavy (non-hydrogen) atoms. The number of hydrogen-bond acceptors (Lipinski definition) is 12. The number of rotatable bonds is 10. The molecule has 15 nitrogen and oxygen atoms in total. The highest BCUT2D eigenvalue weighted by molar-refractivity contribution is 7.98. The van der Waals surface area contributed by atoms with Crippen molar-refractivity contribution in [2.45, 2.75) is 64.0 Å². The van der Waals surface area contributed by atoms with Crippen LogP contribution in [-0.4, -0.2) is 92.8 Å². The summed E-state index contributed by atoms with van der Waals surface area (Å²) in [4.78, 5) is 48.7. The summed E-state index contributed by atoms with van der Waals surface area (Å²) in [5.74, 6) is -1.03. The Morgan fingerprint density at radius 2 is 1.77 bits per heavy atom. The number of aromatic nitrogens is 4. The van der Waals surface area contributed by atoms with Gasteiger partial charge in [-0.25, -0.2) is 22.9 Å². The lowest BCUT2D eigenvalue weighted by Crippen LogP contribution is -2.53. The Morgan fingerprint density at radius 1 is 1.00 bits per heavy atom. The standard InChI is InChI=1S/C43H47F2N11O4S/c1-4-51(2)61-50-35-8-6-32(44)39(31(35)24-46)60-28-5-7-34-29(19-28)41(58)56(25-47-34)27-22-43(23-27)12-17-53(18-13-43)26-9-14-54(15-10-26)37-21-36-30(20-33(37)45)40(49-52(36)3)55-16-11-38(57)48-42(55)59/h5-8,19-21,25-27,50H,4,9-18,22-23H2,1-3H3,(H,48,57,59). The van der Waals surface area contributed by atoms with Crippen molar-refractivity contribution in [1.29, 1.82) is 5.26 Å². The minimum absolute atomic E-state index is 0.0229. The van der Waals surface area contributed by atoms with E-state index in [1.54, 1.807) is 40.8 Å². The number of nitrogens with one attached hydrogen (secondary N) is 2. The molecule has 3 aromatic carbocycles. The molecule has 5 aromatic rings. The highest BCUT2D eigenvalue weighted by Gasteiger charge is 2.47. The van der Waals surface area contributed by atoms with E-state index >= 15 is 8.78 Å². The Balaban J connectivity index is 0.811. The van der Waals surface area contributed by atoms with Crippen molar-refractivity contribution < 1.29 is 23.1 Å². The van der Waals surface area contributed by atoms with Crippen molar-refractivity contribution in [3.05, 3.63) is 76.3 Å². The normalized spacial score (nSPS) is 18.8. The number of aryl methyl sites for hydroxylation is 1. The van der Waals surface area contributed by atoms with E-state index in [1.165, 1.54) is 35.2 Å². The van der Waals surface area contributed by atoms with Crippen LogP contribution in [0.15, 0.2) is 53.6 Å². The van der Waals surface area contributed by atoms with Crippen LogP contribution in [0, 0.1) is 28.4 Å². The van der Waals surface area contributed by atoms with E-state index in [0.717, 1.165) is 71.2 Å². The molecule has 318 valence electrons. The van der Waals surface area contributed by atoms with Crippen LogP contribution in [0.1, 0.15) is 63.5 Å². The highest BCUT2D eigenvalue weighted by atomic mass is 32.2. The number of nitriles is 1. The molecular formula is C43H47F2N11O4S. The number of ether oxygens (including phenoxy) is 1. The molecule has 3 amide bonds. The summed E-state index contributed by atoms with van der Waals surface area (Å²) >= 11 is 1.28. The summed E-state index contributed by atoms with van der Waals surface area (Å²) in [6.07, 6.45) is 7.49. The summed E-state index contributed by atoms with van der Waals surface area (Å²) in [6.45, 7) is 6.32. The fourth-order valence-corrected chi connectivity index (χ4v) is 9.99. The fraction of sp³-hybridized carbons (Fsp3) is 0.442. The quantitative estimate of drug-likeness (QED) is 0.144. The lowest BCUT2D eigenvalue weighted by Gasteiger charge is -2.54. The van der Waals surface area contributed by atoms with E-state index in [-0.39, 0.29) is 58.8 Å². The molecule has 5 heterocycles. The molecule has 0 radical (unpaired) electrons. The van der Waals surface area contributed by atoms with Crippen molar-refractivity contribution in [2.75, 3.05) is 60.8 Å². The lowest BCUT2D eigenvalue weighted by atomic mass is 9.60. The van der Waals surface area contributed by atoms with E-state index < -0.39 is 11.8 Å². The van der Waals surface area contributed by atoms with Gasteiger partial charge in [-0.1, -0.05) is 6.92 Å². The molecule has 2 N–H and O–H groups in total. The predicted octanol–water partition coefficient (Wildman–Crippen LogP) is 6.68. The van der Waals surface area contributed by atoms with Gasteiger partial charge in [0.2, 0.25) is 5.91 Å². The predicted molar refractivity (Wildman–Crippen MR) is 230 cm³/mol. The van der Waals surface area contributed by atoms with Gasteiger partial charge in [0.15, 0.2) is 17.4 Å². The van der Waals surface area contributed by atoms with E-state index in [0.29, 0.717) is 45.0 Å². The Hall–Kier alpha value is -5.77. The average molecular weight is 852 g/mol. The van der Waals surface area contributed by atoms with Gasteiger partial charge in [0.25, 0.3) is 5.56 Å². The number of likely N-dealkylation sites (tertiary alicyclic amines) is 1. The number of fused-ring (bicyclic) bond motifs is 2. The van der Waals surface area contributed by atoms with Crippen LogP contribution in [0.2, 0.25) is 0 Å². The Bertz CT molecular complexity index is 2640. The molecule has 3 aliphatic heterocycles. The average Bonchev–Trinajstić information content (AvgIpc) is 3.56. The lowest BCUT2D eigenvalue weighted by molar-refractivity contribution is -0.120. The molecule has 0 atom stereocenters. The van der Waals surface area contributed by atoms with Crippen molar-refractivity contribution in [3.8, 4) is 17.6 Å². The number of carbonyl (C=O) groups is 2. The van der Waals surface area contributed by atoms with Gasteiger partial charge in [0.05, 0.1) is 34.1 Å². The van der Waals surface area contributed by atoms with Gasteiger partial charge < -0.3 is 19.3 Å². The number of benzene rings is 3. The second-order valence-corrected chi connectivity index (χ2v) is 17.6. The SMILES string of the molecule is CCN(C)SNc1ccc(F)c(Oc2ccc3ncn(C4CC5(CCN(C6CCN(c7cc8c(cc7F)c(N7CCC(=O)NC7=O)nn8C)CC6)CC5)C4)c(=O)c3c2)c1C#N. The smallest absolute Gasteiger partial charge is 0.329 e. The number of nitrogens with zero attached hydrogens (tertiary/aromatic N) is 9. The van der Waals surface area contributed by atoms with Crippen molar-refractivity contribution in [2.24, 2.45) is 12.5 Å². The first-order valence-electron chi connectivity index (χ1n) is 20.8. The number of piperidine rings is 2. The number of amides is 3. The minimum atomic E-state index is -0.686. The Morgan fingerprint density at radius 3 is 2.49 bits per heavy atom. The van der Waals surface area contributed by atoms with Crippen molar-refractivity contribution in [1.82, 2.24) is 33.9 Å². The first-order chi connectivity index (χ1) is 29.4. The molecule has 1 saturated carbocycles. The van der Waals surface area contributed by atoms with Gasteiger partial charge in [-0.3, -0.25) is 29.1 Å². The van der Waals surface area contributed by atoms with Crippen LogP contribution in [0.4, 0.5) is 30.8 Å². The number of halogens is 2. The van der Waals surface area contributed by atoms with Gasteiger partial charge in [0, 0.05) is 69.3 Å². The maximum atomic E-state index is 15.7. The van der Waals surface area contributed by atoms with E-state index in [2.05, 4.69) is 36.0 Å². The van der Waals surface area contributed by atoms with Crippen LogP contribution >= 0.6 is 12.1 Å². The topological polar surface area (TPSA) is 157 Å². The number of anilines is 3. The van der Waals surface area contributed by atoms with Gasteiger partial charge in [-0.15, -0.1) is 0 Å². The molecule has 1 spiro atoms. The zero-order valence-electron chi connectivity index (χ0n) is 34.3. The summed E-state index contributed by atoms with van der Waals surface area (Å²) < 4.78 is 45.1. The van der Waals surface area contributed by atoms with Crippen molar-refractivity contribution in [3.63, 3.8) is 0 Å². The molecule has 3 saturated heterocycles. The minimum Gasteiger partial charge on any atom is -0.453 e. The second kappa shape index (κ2) is 16.3. The van der Waals surface area contributed by atoms with Crippen LogP contribution in [0.5, 0.6) is 11.5 Å². The van der Waals surface area contributed by atoms with Gasteiger partial charge in [0.1, 0.15) is 23.2 Å². The summed E-state index contributed by atoms with van der Waals surface area (Å²) in [5, 5.41) is 17.7. The monoisotopic (exact) mass is 851 g/mol. The number of imide groups is 1. The largest absolute Gasteiger partial charge is 0.453 e. The van der Waals surface area contributed by atoms with Crippen LogP contribution in [0.3, 0.4) is 0 Å². The van der Waals surface area contributed by atoms with Gasteiger partial charge in [-0.2, -0.15) is 10.4 Å². The third-order valence-electron chi connectivity index (χ3n) is 13.1. The van der Waals surface area contributed by atoms with Gasteiger partial charge in [-0.05, 0) is 107 Å². The molecule has 2 aromatic heterocycles. The molecule has 1 aliphatic carbocycles. The van der Waals surface area contributed by atoms with Crippen LogP contribution in [0.25, 0.3) is 21.8 Å². The number of urea groups is 1. The summed E-state index contributed by atoms with van der Waals surface area (Å²) in [5.41, 5.74) is 2.17. The molecule has 18 heteroatoms. The zero-order valence-corrected chi connectivity index (χ0v) is 35.1. The third-order valence-corrected chi connectivity index (χ3v) is 14.0. The Labute approximate surface area is 355 Å². The fourth-order valence-electron chi connectivity index (χ4n) is 9.44. The maximum Gasteiger partial charge on any atom is 0.329 e. The summed E-state index contributed by atoms with van der Waals surface area (Å²) in [7, 11) is 3.66. The molecular weight excluding hydrogens is 805 g/mol. The first-order valence-corrected chi connectivity index (χ1v) is 21.5. The number of hydrogen-bond donors (Lipinski definition) is 2. The van der Waals surface area contributed by atoms with E-state index in [9.17, 15) is 19.6 Å². The van der Waals surface area contributed by atoms with E-state index in [4.69, 9.17) is 4.74 Å². The first kappa shape index (κ1) is 40.6. The number of carbonyl (C=O) groups excluding carboxylic acids is 2. The Kier molecular flexibility index (Phi) is 10.8. The molecule has 4 aliphatic rings. The molecule has 4 fully saturated rings. The second-order valence-electron chi connectivity index (χ2n) is 16.6. The van der Waals surface area contributed by atoms with Crippen LogP contribution in [-0.2, 0) is 11.8 Å². The molecule has 0 bridgehead atoms. The molecule has 0 unspecified atom stereocenters. The molecule has 9 rings (SSSR count). The zero-order chi connectivity index (χ0) is 42.6. The third kappa shape index (κ3) is 7.63.